The third-order valence-electron chi connectivity index (χ3n) is 8.41. The van der Waals surface area contributed by atoms with Crippen molar-refractivity contribution in [1.29, 1.82) is 0 Å². The molecule has 1 N–H and O–H groups in total. The van der Waals surface area contributed by atoms with Gasteiger partial charge in [0.05, 0.1) is 11.7 Å². The number of aromatic nitrogens is 4. The van der Waals surface area contributed by atoms with Gasteiger partial charge in [0.15, 0.2) is 0 Å². The van der Waals surface area contributed by atoms with E-state index in [4.69, 9.17) is 4.98 Å². The van der Waals surface area contributed by atoms with E-state index in [0.29, 0.717) is 6.04 Å². The summed E-state index contributed by atoms with van der Waals surface area (Å²) in [5, 5.41) is 8.83. The number of nitrogens with one attached hydrogen (secondary N) is 1. The van der Waals surface area contributed by atoms with Crippen LogP contribution in [-0.4, -0.2) is 63.3 Å². The normalized spacial score (nSPS) is 16.2. The maximum Gasteiger partial charge on any atom is 0.253 e. The van der Waals surface area contributed by atoms with Gasteiger partial charge in [-0.25, -0.2) is 9.97 Å². The van der Waals surface area contributed by atoms with Crippen molar-refractivity contribution in [2.24, 2.45) is 7.05 Å². The van der Waals surface area contributed by atoms with Crippen molar-refractivity contribution in [2.45, 2.75) is 45.7 Å². The van der Waals surface area contributed by atoms with Gasteiger partial charge in [0.1, 0.15) is 12.1 Å². The molecule has 0 saturated carbocycles. The molecule has 2 aromatic heterocycles. The lowest BCUT2D eigenvalue weighted by molar-refractivity contribution is 0.0707. The Labute approximate surface area is 223 Å². The highest BCUT2D eigenvalue weighted by Crippen LogP contribution is 2.34. The Morgan fingerprint density at radius 2 is 1.84 bits per heavy atom. The van der Waals surface area contributed by atoms with Gasteiger partial charge in [0.25, 0.3) is 5.91 Å². The number of piperidine rings is 1. The first-order valence-corrected chi connectivity index (χ1v) is 13.5. The molecule has 1 fully saturated rings. The van der Waals surface area contributed by atoms with Gasteiger partial charge in [-0.1, -0.05) is 6.07 Å². The molecule has 4 heterocycles. The zero-order valence-electron chi connectivity index (χ0n) is 22.7. The van der Waals surface area contributed by atoms with E-state index in [0.717, 1.165) is 90.1 Å². The van der Waals surface area contributed by atoms with Crippen LogP contribution in [0.1, 0.15) is 45.6 Å². The molecule has 0 unspecified atom stereocenters. The van der Waals surface area contributed by atoms with E-state index in [9.17, 15) is 4.79 Å². The largest absolute Gasteiger partial charge is 0.351 e. The van der Waals surface area contributed by atoms with Crippen LogP contribution in [0.15, 0.2) is 42.9 Å². The van der Waals surface area contributed by atoms with Gasteiger partial charge in [0, 0.05) is 61.5 Å². The van der Waals surface area contributed by atoms with Crippen molar-refractivity contribution in [1.82, 2.24) is 30.0 Å². The fourth-order valence-electron chi connectivity index (χ4n) is 5.95. The van der Waals surface area contributed by atoms with Crippen LogP contribution in [0.25, 0.3) is 22.0 Å². The Balaban J connectivity index is 1.31. The van der Waals surface area contributed by atoms with Crippen LogP contribution >= 0.6 is 0 Å². The Morgan fingerprint density at radius 3 is 2.58 bits per heavy atom. The molecule has 1 saturated heterocycles. The van der Waals surface area contributed by atoms with Gasteiger partial charge in [0.2, 0.25) is 0 Å². The Kier molecular flexibility index (Phi) is 6.35. The molecule has 4 aromatic rings. The van der Waals surface area contributed by atoms with Crippen molar-refractivity contribution in [3.05, 3.63) is 70.8 Å². The zero-order chi connectivity index (χ0) is 26.4. The fraction of sp³-hybridized carbons (Fsp3) is 0.400. The number of carbonyl (C=O) groups is 1. The molecular formula is C30H35N7O. The van der Waals surface area contributed by atoms with E-state index in [1.165, 1.54) is 11.1 Å². The number of hydrogen-bond acceptors (Lipinski definition) is 6. The summed E-state index contributed by atoms with van der Waals surface area (Å²) in [7, 11) is 3.97. The van der Waals surface area contributed by atoms with Crippen LogP contribution in [0.3, 0.4) is 0 Å². The Morgan fingerprint density at radius 1 is 1.03 bits per heavy atom. The van der Waals surface area contributed by atoms with Crippen LogP contribution < -0.4 is 10.2 Å². The number of likely N-dealkylation sites (tertiary alicyclic amines) is 1. The first kappa shape index (κ1) is 24.6. The van der Waals surface area contributed by atoms with Gasteiger partial charge >= 0.3 is 0 Å². The molecule has 8 nitrogen and oxygen atoms in total. The highest BCUT2D eigenvalue weighted by molar-refractivity contribution is 5.96. The summed E-state index contributed by atoms with van der Waals surface area (Å²) in [5.41, 5.74) is 8.77. The summed E-state index contributed by atoms with van der Waals surface area (Å²) >= 11 is 0. The average Bonchev–Trinajstić information content (AvgIpc) is 3.29. The Hall–Kier alpha value is -3.78. The summed E-state index contributed by atoms with van der Waals surface area (Å²) in [6.07, 6.45) is 6.52. The zero-order valence-corrected chi connectivity index (χ0v) is 22.7. The standard InChI is InChI=1S/C30H35N7O/c1-19-13-23(27-16-34-35(4)20(27)2)15-26-28(19)32-18-33-29(26)37-10-7-21-5-6-22(14-24(21)17-37)30(38)36-11-8-25(31-3)9-12-36/h5-6,13-16,18,25,31H,7-12,17H2,1-4H3. The number of aryl methyl sites for hydroxylation is 2. The monoisotopic (exact) mass is 509 g/mol. The van der Waals surface area contributed by atoms with Gasteiger partial charge in [-0.05, 0) is 86.7 Å². The van der Waals surface area contributed by atoms with Crippen molar-refractivity contribution < 1.29 is 4.79 Å². The molecule has 8 heteroatoms. The lowest BCUT2D eigenvalue weighted by Crippen LogP contribution is -2.44. The molecule has 38 heavy (non-hydrogen) atoms. The fourth-order valence-corrected chi connectivity index (χ4v) is 5.95. The van der Waals surface area contributed by atoms with Crippen molar-refractivity contribution in [2.75, 3.05) is 31.6 Å². The molecule has 6 rings (SSSR count). The molecule has 0 aliphatic carbocycles. The minimum absolute atomic E-state index is 0.138. The highest BCUT2D eigenvalue weighted by atomic mass is 16.2. The Bertz CT molecular complexity index is 1520. The van der Waals surface area contributed by atoms with Crippen LogP contribution in [0.2, 0.25) is 0 Å². The third-order valence-corrected chi connectivity index (χ3v) is 8.41. The van der Waals surface area contributed by atoms with Gasteiger partial charge in [-0.2, -0.15) is 5.10 Å². The second-order valence-corrected chi connectivity index (χ2v) is 10.7. The van der Waals surface area contributed by atoms with Crippen molar-refractivity contribution >= 4 is 22.6 Å². The molecule has 0 spiro atoms. The minimum atomic E-state index is 0.138. The van der Waals surface area contributed by atoms with Crippen molar-refractivity contribution in [3.63, 3.8) is 0 Å². The summed E-state index contributed by atoms with van der Waals surface area (Å²) in [5.74, 6) is 1.08. The number of hydrogen-bond donors (Lipinski definition) is 1. The molecule has 0 radical (unpaired) electrons. The van der Waals surface area contributed by atoms with Crippen LogP contribution in [0.5, 0.6) is 0 Å². The quantitative estimate of drug-likeness (QED) is 0.448. The second kappa shape index (κ2) is 9.83. The van der Waals surface area contributed by atoms with Gasteiger partial charge < -0.3 is 15.1 Å². The van der Waals surface area contributed by atoms with E-state index in [1.54, 1.807) is 6.33 Å². The number of nitrogens with zero attached hydrogens (tertiary/aromatic N) is 6. The lowest BCUT2D eigenvalue weighted by Gasteiger charge is -2.33. The van der Waals surface area contributed by atoms with E-state index in [1.807, 2.05) is 35.9 Å². The maximum absolute atomic E-state index is 13.3. The average molecular weight is 510 g/mol. The third kappa shape index (κ3) is 4.32. The second-order valence-electron chi connectivity index (χ2n) is 10.7. The molecule has 1 amide bonds. The smallest absolute Gasteiger partial charge is 0.253 e. The molecule has 2 aliphatic rings. The number of anilines is 1. The van der Waals surface area contributed by atoms with Crippen LogP contribution in [0.4, 0.5) is 5.82 Å². The molecule has 0 bridgehead atoms. The highest BCUT2D eigenvalue weighted by Gasteiger charge is 2.25. The number of carbonyl (C=O) groups excluding carboxylic acids is 1. The predicted octanol–water partition coefficient (Wildman–Crippen LogP) is 4.03. The first-order valence-electron chi connectivity index (χ1n) is 13.5. The SMILES string of the molecule is CNC1CCN(C(=O)c2ccc3c(c2)CN(c2ncnc4c(C)cc(-c5cnn(C)c5C)cc24)CC3)CC1. The first-order chi connectivity index (χ1) is 18.4. The molecule has 196 valence electrons. The van der Waals surface area contributed by atoms with E-state index in [-0.39, 0.29) is 5.91 Å². The number of rotatable bonds is 4. The molecule has 2 aliphatic heterocycles. The molecule has 2 aromatic carbocycles. The summed E-state index contributed by atoms with van der Waals surface area (Å²) in [6.45, 7) is 7.40. The lowest BCUT2D eigenvalue weighted by atomic mass is 9.95. The van der Waals surface area contributed by atoms with E-state index < -0.39 is 0 Å². The predicted molar refractivity (Wildman–Crippen MR) is 150 cm³/mol. The molecule has 0 atom stereocenters. The van der Waals surface area contributed by atoms with Gasteiger partial charge in [-0.3, -0.25) is 9.48 Å². The number of benzene rings is 2. The topological polar surface area (TPSA) is 79.2 Å². The summed E-state index contributed by atoms with van der Waals surface area (Å²) < 4.78 is 1.90. The number of amides is 1. The van der Waals surface area contributed by atoms with Crippen LogP contribution in [0, 0.1) is 13.8 Å². The summed E-state index contributed by atoms with van der Waals surface area (Å²) in [4.78, 5) is 27.0. The summed E-state index contributed by atoms with van der Waals surface area (Å²) in [6, 6.07) is 11.1. The van der Waals surface area contributed by atoms with E-state index >= 15 is 0 Å². The maximum atomic E-state index is 13.3. The molecular weight excluding hydrogens is 474 g/mol. The number of fused-ring (bicyclic) bond motifs is 2. The van der Waals surface area contributed by atoms with E-state index in [2.05, 4.69) is 58.4 Å². The van der Waals surface area contributed by atoms with Crippen molar-refractivity contribution in [3.8, 4) is 11.1 Å². The minimum Gasteiger partial charge on any atom is -0.351 e. The van der Waals surface area contributed by atoms with Gasteiger partial charge in [-0.15, -0.1) is 0 Å². The van der Waals surface area contributed by atoms with Crippen LogP contribution in [-0.2, 0) is 20.0 Å².